The molecule has 0 bridgehead atoms. The zero-order valence-electron chi connectivity index (χ0n) is 21.9. The molecule has 0 aliphatic rings. The van der Waals surface area contributed by atoms with Gasteiger partial charge < -0.3 is 14.8 Å². The van der Waals surface area contributed by atoms with Crippen LogP contribution in [0.4, 0.5) is 0 Å². The summed E-state index contributed by atoms with van der Waals surface area (Å²) in [5.41, 5.74) is 0.721. The standard InChI is InChI=1S/C28H29N3O6S/c1-17-24(33)30(15-19-6-10-20(11-7-19)26(34)37-28(2,3)4)27(35)31-16-22(38-25(17)31)23(32)29-14-18-8-12-21(36-5)13-9-18/h6-13,16H,14-15H2,1-5H3,(H,29,32). The Bertz CT molecular complexity index is 1610. The summed E-state index contributed by atoms with van der Waals surface area (Å²) in [4.78, 5) is 52.1. The Hall–Kier alpha value is -4.18. The smallest absolute Gasteiger partial charge is 0.338 e. The van der Waals surface area contributed by atoms with E-state index in [2.05, 4.69) is 5.32 Å². The molecule has 10 heteroatoms. The molecule has 0 radical (unpaired) electrons. The van der Waals surface area contributed by atoms with Crippen LogP contribution in [-0.4, -0.2) is 33.6 Å². The molecule has 0 aliphatic carbocycles. The van der Waals surface area contributed by atoms with Gasteiger partial charge in [0.2, 0.25) is 0 Å². The summed E-state index contributed by atoms with van der Waals surface area (Å²) in [6, 6.07) is 13.9. The molecule has 0 unspecified atom stereocenters. The van der Waals surface area contributed by atoms with E-state index in [9.17, 15) is 19.2 Å². The Labute approximate surface area is 223 Å². The number of nitrogens with one attached hydrogen (secondary N) is 1. The fraction of sp³-hybridized carbons (Fsp3) is 0.286. The minimum absolute atomic E-state index is 0.0187. The van der Waals surface area contributed by atoms with E-state index in [-0.39, 0.29) is 12.5 Å². The zero-order valence-corrected chi connectivity index (χ0v) is 22.7. The molecule has 2 aromatic carbocycles. The van der Waals surface area contributed by atoms with Gasteiger partial charge in [0, 0.05) is 18.3 Å². The SMILES string of the molecule is COc1ccc(CNC(=O)c2cn3c(=O)n(Cc4ccc(C(=O)OC(C)(C)C)cc4)c(=O)c(C)c3s2)cc1. The van der Waals surface area contributed by atoms with E-state index in [1.54, 1.807) is 59.1 Å². The molecule has 1 amide bonds. The number of carbonyl (C=O) groups is 2. The number of esters is 1. The summed E-state index contributed by atoms with van der Waals surface area (Å²) >= 11 is 1.09. The molecule has 0 aliphatic heterocycles. The van der Waals surface area contributed by atoms with Crippen molar-refractivity contribution in [3.05, 3.63) is 103 Å². The first-order valence-corrected chi connectivity index (χ1v) is 12.8. The normalized spacial score (nSPS) is 11.4. The summed E-state index contributed by atoms with van der Waals surface area (Å²) in [5.74, 6) is -0.0696. The second-order valence-corrected chi connectivity index (χ2v) is 10.8. The number of carbonyl (C=O) groups excluding carboxylic acids is 2. The number of fused-ring (bicyclic) bond motifs is 1. The maximum absolute atomic E-state index is 13.2. The number of rotatable bonds is 7. The third-order valence-corrected chi connectivity index (χ3v) is 6.97. The molecular weight excluding hydrogens is 506 g/mol. The van der Waals surface area contributed by atoms with Crippen LogP contribution in [0.2, 0.25) is 0 Å². The topological polar surface area (TPSA) is 108 Å². The van der Waals surface area contributed by atoms with Gasteiger partial charge in [0.05, 0.1) is 19.2 Å². The third-order valence-electron chi connectivity index (χ3n) is 5.76. The van der Waals surface area contributed by atoms with Crippen molar-refractivity contribution in [2.75, 3.05) is 7.11 Å². The van der Waals surface area contributed by atoms with Gasteiger partial charge in [-0.25, -0.2) is 9.59 Å². The Kier molecular flexibility index (Phi) is 7.54. The van der Waals surface area contributed by atoms with E-state index >= 15 is 0 Å². The van der Waals surface area contributed by atoms with Gasteiger partial charge in [-0.2, -0.15) is 0 Å². The number of ether oxygens (including phenoxy) is 2. The number of aromatic nitrogens is 2. The number of aryl methyl sites for hydroxylation is 1. The van der Waals surface area contributed by atoms with Gasteiger partial charge in [0.25, 0.3) is 11.5 Å². The summed E-state index contributed by atoms with van der Waals surface area (Å²) < 4.78 is 13.0. The van der Waals surface area contributed by atoms with Gasteiger partial charge in [-0.05, 0) is 63.1 Å². The van der Waals surface area contributed by atoms with Crippen molar-refractivity contribution in [2.45, 2.75) is 46.4 Å². The molecule has 38 heavy (non-hydrogen) atoms. The minimum Gasteiger partial charge on any atom is -0.497 e. The molecule has 2 aromatic heterocycles. The molecule has 4 rings (SSSR count). The van der Waals surface area contributed by atoms with Crippen molar-refractivity contribution in [3.63, 3.8) is 0 Å². The lowest BCUT2D eigenvalue weighted by Gasteiger charge is -2.19. The molecule has 0 spiro atoms. The predicted octanol–water partition coefficient (Wildman–Crippen LogP) is 3.77. The fourth-order valence-electron chi connectivity index (χ4n) is 3.79. The Morgan fingerprint density at radius 3 is 2.21 bits per heavy atom. The molecule has 198 valence electrons. The number of thiazole rings is 1. The van der Waals surface area contributed by atoms with Gasteiger partial charge in [0.1, 0.15) is 21.1 Å². The fourth-order valence-corrected chi connectivity index (χ4v) is 4.79. The molecule has 1 N–H and O–H groups in total. The molecule has 0 saturated heterocycles. The highest BCUT2D eigenvalue weighted by Crippen LogP contribution is 2.19. The summed E-state index contributed by atoms with van der Waals surface area (Å²) in [7, 11) is 1.58. The van der Waals surface area contributed by atoms with Crippen LogP contribution in [-0.2, 0) is 17.8 Å². The number of hydrogen-bond donors (Lipinski definition) is 1. The van der Waals surface area contributed by atoms with E-state index < -0.39 is 22.8 Å². The summed E-state index contributed by atoms with van der Waals surface area (Å²) in [6.07, 6.45) is 1.46. The van der Waals surface area contributed by atoms with Crippen molar-refractivity contribution in [1.82, 2.24) is 14.3 Å². The van der Waals surface area contributed by atoms with E-state index in [1.807, 2.05) is 24.3 Å². The summed E-state index contributed by atoms with van der Waals surface area (Å²) in [6.45, 7) is 7.32. The Morgan fingerprint density at radius 2 is 1.61 bits per heavy atom. The largest absolute Gasteiger partial charge is 0.497 e. The number of hydrogen-bond acceptors (Lipinski definition) is 7. The second-order valence-electron chi connectivity index (χ2n) is 9.80. The van der Waals surface area contributed by atoms with Crippen molar-refractivity contribution >= 4 is 28.0 Å². The molecule has 0 atom stereocenters. The summed E-state index contributed by atoms with van der Waals surface area (Å²) in [5, 5.41) is 2.84. The highest BCUT2D eigenvalue weighted by molar-refractivity contribution is 7.19. The van der Waals surface area contributed by atoms with Crippen molar-refractivity contribution in [1.29, 1.82) is 0 Å². The van der Waals surface area contributed by atoms with Gasteiger partial charge in [-0.1, -0.05) is 24.3 Å². The minimum atomic E-state index is -0.614. The van der Waals surface area contributed by atoms with Crippen LogP contribution in [0.15, 0.2) is 64.3 Å². The van der Waals surface area contributed by atoms with E-state index in [1.165, 1.54) is 10.6 Å². The number of amides is 1. The molecule has 0 fully saturated rings. The van der Waals surface area contributed by atoms with Gasteiger partial charge >= 0.3 is 11.7 Å². The second kappa shape index (κ2) is 10.7. The van der Waals surface area contributed by atoms with Crippen LogP contribution in [0.1, 0.15) is 57.5 Å². The highest BCUT2D eigenvalue weighted by Gasteiger charge is 2.19. The third kappa shape index (κ3) is 5.86. The molecular formula is C28H29N3O6S. The molecule has 4 aromatic rings. The lowest BCUT2D eigenvalue weighted by Crippen LogP contribution is -2.38. The zero-order chi connectivity index (χ0) is 27.6. The van der Waals surface area contributed by atoms with Crippen LogP contribution in [0.3, 0.4) is 0 Å². The monoisotopic (exact) mass is 535 g/mol. The van der Waals surface area contributed by atoms with Crippen LogP contribution in [0, 0.1) is 6.92 Å². The van der Waals surface area contributed by atoms with Gasteiger partial charge in [-0.3, -0.25) is 18.6 Å². The predicted molar refractivity (Wildman–Crippen MR) is 145 cm³/mol. The first kappa shape index (κ1) is 26.9. The van der Waals surface area contributed by atoms with Crippen molar-refractivity contribution in [3.8, 4) is 5.75 Å². The average molecular weight is 536 g/mol. The maximum Gasteiger partial charge on any atom is 0.338 e. The Balaban J connectivity index is 1.55. The van der Waals surface area contributed by atoms with Gasteiger partial charge in [0.15, 0.2) is 0 Å². The number of methoxy groups -OCH3 is 1. The van der Waals surface area contributed by atoms with E-state index in [0.717, 1.165) is 27.2 Å². The lowest BCUT2D eigenvalue weighted by atomic mass is 10.1. The molecule has 9 nitrogen and oxygen atoms in total. The van der Waals surface area contributed by atoms with Crippen molar-refractivity contribution < 1.29 is 19.1 Å². The van der Waals surface area contributed by atoms with Crippen LogP contribution in [0.5, 0.6) is 5.75 Å². The quantitative estimate of drug-likeness (QED) is 0.361. The maximum atomic E-state index is 13.2. The lowest BCUT2D eigenvalue weighted by molar-refractivity contribution is 0.00694. The van der Waals surface area contributed by atoms with Crippen LogP contribution >= 0.6 is 11.3 Å². The van der Waals surface area contributed by atoms with Gasteiger partial charge in [-0.15, -0.1) is 11.3 Å². The number of nitrogens with zero attached hydrogens (tertiary/aromatic N) is 2. The first-order chi connectivity index (χ1) is 18.0. The van der Waals surface area contributed by atoms with Crippen molar-refractivity contribution in [2.24, 2.45) is 0 Å². The average Bonchev–Trinajstić information content (AvgIpc) is 3.34. The van der Waals surface area contributed by atoms with E-state index in [0.29, 0.717) is 32.9 Å². The van der Waals surface area contributed by atoms with Crippen LogP contribution < -0.4 is 21.3 Å². The molecule has 2 heterocycles. The van der Waals surface area contributed by atoms with E-state index in [4.69, 9.17) is 9.47 Å². The Morgan fingerprint density at radius 1 is 0.974 bits per heavy atom. The van der Waals surface area contributed by atoms with Crippen LogP contribution in [0.25, 0.3) is 4.83 Å². The number of benzene rings is 2. The first-order valence-electron chi connectivity index (χ1n) is 12.0. The highest BCUT2D eigenvalue weighted by atomic mass is 32.1. The molecule has 0 saturated carbocycles.